The Morgan fingerprint density at radius 1 is 1.29 bits per heavy atom. The van der Waals surface area contributed by atoms with E-state index in [4.69, 9.17) is 16.3 Å². The van der Waals surface area contributed by atoms with Crippen LogP contribution in [-0.4, -0.2) is 27.3 Å². The fraction of sp³-hybridized carbons (Fsp3) is 0.235. The van der Waals surface area contributed by atoms with Gasteiger partial charge in [0.1, 0.15) is 0 Å². The van der Waals surface area contributed by atoms with Crippen LogP contribution >= 0.6 is 11.6 Å². The van der Waals surface area contributed by atoms with Gasteiger partial charge < -0.3 is 10.1 Å². The van der Waals surface area contributed by atoms with Crippen LogP contribution in [0, 0.1) is 13.8 Å². The molecule has 2 heterocycles. The Morgan fingerprint density at radius 3 is 2.71 bits per heavy atom. The van der Waals surface area contributed by atoms with E-state index in [1.165, 1.54) is 0 Å². The van der Waals surface area contributed by atoms with Crippen LogP contribution in [0.5, 0.6) is 5.88 Å². The third-order valence-corrected chi connectivity index (χ3v) is 3.87. The fourth-order valence-corrected chi connectivity index (χ4v) is 2.70. The average Bonchev–Trinajstić information content (AvgIpc) is 2.82. The normalized spacial score (nSPS) is 10.8. The minimum Gasteiger partial charge on any atom is -0.467 e. The number of anilines is 1. The second kappa shape index (κ2) is 6.49. The molecule has 0 unspecified atom stereocenters. The Hall–Kier alpha value is -2.60. The quantitative estimate of drug-likeness (QED) is 0.788. The van der Waals surface area contributed by atoms with Crippen molar-refractivity contribution in [1.82, 2.24) is 14.8 Å². The predicted octanol–water partition coefficient (Wildman–Crippen LogP) is 3.26. The van der Waals surface area contributed by atoms with Gasteiger partial charge in [-0.25, -0.2) is 0 Å². The molecule has 0 saturated carbocycles. The summed E-state index contributed by atoms with van der Waals surface area (Å²) in [5.74, 6) is 0.132. The summed E-state index contributed by atoms with van der Waals surface area (Å²) in [7, 11) is 1.83. The first-order valence-corrected chi connectivity index (χ1v) is 7.81. The largest absolute Gasteiger partial charge is 0.467 e. The molecule has 3 aromatic rings. The highest BCUT2D eigenvalue weighted by molar-refractivity contribution is 6.30. The molecule has 1 amide bonds. The zero-order valence-corrected chi connectivity index (χ0v) is 14.4. The Balaban J connectivity index is 1.70. The van der Waals surface area contributed by atoms with Crippen LogP contribution in [-0.2, 0) is 11.8 Å². The van der Waals surface area contributed by atoms with E-state index in [1.54, 1.807) is 28.9 Å². The number of carbonyl (C=O) groups is 1. The van der Waals surface area contributed by atoms with Gasteiger partial charge in [-0.1, -0.05) is 11.6 Å². The maximum atomic E-state index is 12.0. The van der Waals surface area contributed by atoms with Crippen LogP contribution in [0.25, 0.3) is 11.0 Å². The fourth-order valence-electron chi connectivity index (χ4n) is 2.57. The Morgan fingerprint density at radius 2 is 2.00 bits per heavy atom. The number of benzene rings is 1. The molecule has 0 radical (unpaired) electrons. The zero-order chi connectivity index (χ0) is 17.3. The first-order chi connectivity index (χ1) is 11.4. The molecule has 0 aliphatic carbocycles. The maximum absolute atomic E-state index is 12.0. The van der Waals surface area contributed by atoms with Crippen molar-refractivity contribution in [2.75, 3.05) is 11.9 Å². The number of pyridine rings is 1. The molecule has 2 aromatic heterocycles. The third kappa shape index (κ3) is 3.33. The van der Waals surface area contributed by atoms with Gasteiger partial charge in [0.2, 0.25) is 5.88 Å². The maximum Gasteiger partial charge on any atom is 0.262 e. The molecule has 6 nitrogen and oxygen atoms in total. The van der Waals surface area contributed by atoms with Crippen LogP contribution in [0.15, 0.2) is 30.3 Å². The summed E-state index contributed by atoms with van der Waals surface area (Å²) < 4.78 is 7.23. The predicted molar refractivity (Wildman–Crippen MR) is 93.6 cm³/mol. The monoisotopic (exact) mass is 344 g/mol. The molecule has 3 rings (SSSR count). The van der Waals surface area contributed by atoms with Crippen molar-refractivity contribution in [2.45, 2.75) is 13.8 Å². The van der Waals surface area contributed by atoms with Gasteiger partial charge in [-0.05, 0) is 43.7 Å². The van der Waals surface area contributed by atoms with Crippen LogP contribution in [0.4, 0.5) is 5.69 Å². The van der Waals surface area contributed by atoms with E-state index in [1.807, 2.05) is 27.0 Å². The lowest BCUT2D eigenvalue weighted by Gasteiger charge is -2.08. The Bertz CT molecular complexity index is 903. The summed E-state index contributed by atoms with van der Waals surface area (Å²) in [6.45, 7) is 3.79. The number of nitrogens with zero attached hydrogens (tertiary/aromatic N) is 3. The lowest BCUT2D eigenvalue weighted by Crippen LogP contribution is -2.20. The molecule has 124 valence electrons. The van der Waals surface area contributed by atoms with E-state index >= 15 is 0 Å². The SMILES string of the molecule is Cc1cc(OCC(=O)Nc2ccc(Cl)cc2)nc2c1c(C)nn2C. The van der Waals surface area contributed by atoms with Crippen molar-refractivity contribution in [2.24, 2.45) is 7.05 Å². The van der Waals surface area contributed by atoms with E-state index in [-0.39, 0.29) is 12.5 Å². The molecule has 0 atom stereocenters. The van der Waals surface area contributed by atoms with Crippen LogP contribution in [0.1, 0.15) is 11.3 Å². The molecule has 0 aliphatic heterocycles. The number of aryl methyl sites for hydroxylation is 3. The van der Waals surface area contributed by atoms with Gasteiger partial charge in [-0.15, -0.1) is 0 Å². The second-order valence-electron chi connectivity index (χ2n) is 5.53. The number of hydrogen-bond donors (Lipinski definition) is 1. The standard InChI is InChI=1S/C17H17ClN4O2/c1-10-8-15(20-17-16(10)11(2)21-22(17)3)24-9-14(23)19-13-6-4-12(18)5-7-13/h4-8H,9H2,1-3H3,(H,19,23). The van der Waals surface area contributed by atoms with Crippen LogP contribution in [0.2, 0.25) is 5.02 Å². The second-order valence-corrected chi connectivity index (χ2v) is 5.97. The number of fused-ring (bicyclic) bond motifs is 1. The lowest BCUT2D eigenvalue weighted by molar-refractivity contribution is -0.118. The van der Waals surface area contributed by atoms with Crippen molar-refractivity contribution in [3.05, 3.63) is 46.6 Å². The van der Waals surface area contributed by atoms with Gasteiger partial charge in [0.15, 0.2) is 12.3 Å². The van der Waals surface area contributed by atoms with Crippen LogP contribution < -0.4 is 10.1 Å². The van der Waals surface area contributed by atoms with Crippen molar-refractivity contribution in [3.63, 3.8) is 0 Å². The summed E-state index contributed by atoms with van der Waals surface area (Å²) in [5, 5.41) is 8.72. The number of rotatable bonds is 4. The van der Waals surface area contributed by atoms with Gasteiger partial charge in [-0.3, -0.25) is 9.48 Å². The Kier molecular flexibility index (Phi) is 4.40. The smallest absolute Gasteiger partial charge is 0.262 e. The number of aromatic nitrogens is 3. The van der Waals surface area contributed by atoms with Gasteiger partial charge >= 0.3 is 0 Å². The number of hydrogen-bond acceptors (Lipinski definition) is 4. The number of carbonyl (C=O) groups excluding carboxylic acids is 1. The Labute approximate surface area is 144 Å². The lowest BCUT2D eigenvalue weighted by atomic mass is 10.2. The molecular formula is C17H17ClN4O2. The number of ether oxygens (including phenoxy) is 1. The highest BCUT2D eigenvalue weighted by Crippen LogP contribution is 2.23. The first-order valence-electron chi connectivity index (χ1n) is 7.43. The molecule has 24 heavy (non-hydrogen) atoms. The highest BCUT2D eigenvalue weighted by Gasteiger charge is 2.12. The van der Waals surface area contributed by atoms with Crippen molar-refractivity contribution in [1.29, 1.82) is 0 Å². The van der Waals surface area contributed by atoms with Crippen molar-refractivity contribution < 1.29 is 9.53 Å². The molecule has 0 bridgehead atoms. The summed E-state index contributed by atoms with van der Waals surface area (Å²) in [4.78, 5) is 16.4. The summed E-state index contributed by atoms with van der Waals surface area (Å²) in [6, 6.07) is 8.69. The molecular weight excluding hydrogens is 328 g/mol. The molecule has 0 saturated heterocycles. The first kappa shape index (κ1) is 16.3. The summed E-state index contributed by atoms with van der Waals surface area (Å²) >= 11 is 5.81. The minimum atomic E-state index is -0.266. The minimum absolute atomic E-state index is 0.128. The van der Waals surface area contributed by atoms with E-state index in [0.29, 0.717) is 16.6 Å². The van der Waals surface area contributed by atoms with Crippen LogP contribution in [0.3, 0.4) is 0 Å². The molecule has 0 fully saturated rings. The third-order valence-electron chi connectivity index (χ3n) is 3.62. The summed E-state index contributed by atoms with van der Waals surface area (Å²) in [6.07, 6.45) is 0. The van der Waals surface area contributed by atoms with E-state index in [9.17, 15) is 4.79 Å². The van der Waals surface area contributed by atoms with E-state index in [0.717, 1.165) is 22.3 Å². The average molecular weight is 345 g/mol. The molecule has 1 aromatic carbocycles. The van der Waals surface area contributed by atoms with E-state index < -0.39 is 0 Å². The molecule has 0 aliphatic rings. The molecule has 7 heteroatoms. The number of amides is 1. The summed E-state index contributed by atoms with van der Waals surface area (Å²) in [5.41, 5.74) is 3.33. The zero-order valence-electron chi connectivity index (χ0n) is 13.6. The van der Waals surface area contributed by atoms with Gasteiger partial charge in [0, 0.05) is 29.2 Å². The van der Waals surface area contributed by atoms with Gasteiger partial charge in [0.25, 0.3) is 5.91 Å². The molecule has 0 spiro atoms. The highest BCUT2D eigenvalue weighted by atomic mass is 35.5. The van der Waals surface area contributed by atoms with Crippen molar-refractivity contribution in [3.8, 4) is 5.88 Å². The molecule has 1 N–H and O–H groups in total. The van der Waals surface area contributed by atoms with E-state index in [2.05, 4.69) is 15.4 Å². The van der Waals surface area contributed by atoms with Gasteiger partial charge in [-0.2, -0.15) is 10.1 Å². The number of halogens is 1. The number of nitrogens with one attached hydrogen (secondary N) is 1. The van der Waals surface area contributed by atoms with Crippen molar-refractivity contribution >= 4 is 34.2 Å². The topological polar surface area (TPSA) is 69.0 Å². The van der Waals surface area contributed by atoms with Gasteiger partial charge in [0.05, 0.1) is 5.69 Å².